The van der Waals surface area contributed by atoms with Crippen molar-refractivity contribution in [1.82, 2.24) is 9.97 Å². The summed E-state index contributed by atoms with van der Waals surface area (Å²) in [6, 6.07) is 0.982. The molecule has 1 atom stereocenters. The molecule has 0 amide bonds. The number of hydrogen-bond donors (Lipinski definition) is 1. The molecule has 0 saturated carbocycles. The third kappa shape index (κ3) is 3.55. The predicted molar refractivity (Wildman–Crippen MR) is 72.0 cm³/mol. The Bertz CT molecular complexity index is 633. The molecule has 0 bridgehead atoms. The van der Waals surface area contributed by atoms with Crippen molar-refractivity contribution in [3.8, 4) is 0 Å². The van der Waals surface area contributed by atoms with Gasteiger partial charge in [-0.05, 0) is 6.42 Å². The topological polar surface area (TPSA) is 75.2 Å². The lowest BCUT2D eigenvalue weighted by Gasteiger charge is -2.25. The Kier molecular flexibility index (Phi) is 4.00. The summed E-state index contributed by atoms with van der Waals surface area (Å²) >= 11 is 0. The quantitative estimate of drug-likeness (QED) is 0.899. The molecule has 2 rings (SSSR count). The number of halogens is 3. The van der Waals surface area contributed by atoms with Crippen molar-refractivity contribution in [2.75, 3.05) is 35.8 Å². The fourth-order valence-electron chi connectivity index (χ4n) is 2.14. The minimum Gasteiger partial charge on any atom is -0.373 e. The lowest BCUT2D eigenvalue weighted by molar-refractivity contribution is -0.144. The van der Waals surface area contributed by atoms with E-state index in [-0.39, 0.29) is 29.2 Å². The molecule has 6 nitrogen and oxygen atoms in total. The zero-order valence-electron chi connectivity index (χ0n) is 11.5. The lowest BCUT2D eigenvalue weighted by Crippen LogP contribution is -2.33. The molecule has 118 valence electrons. The average molecular weight is 324 g/mol. The minimum absolute atomic E-state index is 0.0278. The Hall–Kier alpha value is -1.58. The van der Waals surface area contributed by atoms with Crippen molar-refractivity contribution in [3.63, 3.8) is 0 Å². The molecular weight excluding hydrogens is 309 g/mol. The summed E-state index contributed by atoms with van der Waals surface area (Å²) < 4.78 is 61.3. The van der Waals surface area contributed by atoms with Crippen LogP contribution in [0, 0.1) is 0 Å². The van der Waals surface area contributed by atoms with Gasteiger partial charge < -0.3 is 10.2 Å². The minimum atomic E-state index is -4.66. The van der Waals surface area contributed by atoms with Crippen molar-refractivity contribution in [2.45, 2.75) is 18.6 Å². The lowest BCUT2D eigenvalue weighted by atomic mass is 10.2. The zero-order valence-corrected chi connectivity index (χ0v) is 12.3. The van der Waals surface area contributed by atoms with E-state index in [0.717, 1.165) is 0 Å². The highest BCUT2D eigenvalue weighted by Crippen LogP contribution is 2.30. The molecule has 1 fully saturated rings. The van der Waals surface area contributed by atoms with E-state index in [0.29, 0.717) is 6.42 Å². The third-order valence-corrected chi connectivity index (χ3v) is 5.09. The molecular formula is C11H15F3N4O2S. The van der Waals surface area contributed by atoms with Crippen molar-refractivity contribution >= 4 is 21.5 Å². The van der Waals surface area contributed by atoms with Crippen LogP contribution in [0.2, 0.25) is 0 Å². The van der Waals surface area contributed by atoms with Crippen LogP contribution in [0.4, 0.5) is 24.8 Å². The van der Waals surface area contributed by atoms with Crippen LogP contribution in [0.5, 0.6) is 0 Å². The van der Waals surface area contributed by atoms with Crippen LogP contribution in [0.1, 0.15) is 12.2 Å². The third-order valence-electron chi connectivity index (χ3n) is 3.34. The van der Waals surface area contributed by atoms with Gasteiger partial charge in [-0.25, -0.2) is 18.4 Å². The largest absolute Gasteiger partial charge is 0.451 e. The van der Waals surface area contributed by atoms with Gasteiger partial charge in [0, 0.05) is 26.2 Å². The van der Waals surface area contributed by atoms with Crippen molar-refractivity contribution < 1.29 is 21.6 Å². The molecule has 1 unspecified atom stereocenters. The summed E-state index contributed by atoms with van der Waals surface area (Å²) in [7, 11) is -0.140. The fourth-order valence-corrected chi connectivity index (χ4v) is 3.91. The van der Waals surface area contributed by atoms with E-state index in [1.807, 2.05) is 0 Å². The maximum atomic E-state index is 12.8. The van der Waals surface area contributed by atoms with Gasteiger partial charge in [0.15, 0.2) is 9.84 Å². The first-order valence-electron chi connectivity index (χ1n) is 6.19. The number of hydrogen-bond acceptors (Lipinski definition) is 6. The predicted octanol–water partition coefficient (Wildman–Crippen LogP) is 1.16. The number of rotatable bonds is 3. The highest BCUT2D eigenvalue weighted by molar-refractivity contribution is 7.91. The molecule has 1 aliphatic rings. The van der Waals surface area contributed by atoms with E-state index < -0.39 is 21.8 Å². The summed E-state index contributed by atoms with van der Waals surface area (Å²) in [4.78, 5) is 8.33. The van der Waals surface area contributed by atoms with Crippen LogP contribution in [0.3, 0.4) is 0 Å². The Morgan fingerprint density at radius 1 is 1.38 bits per heavy atom. The molecule has 1 saturated heterocycles. The molecule has 2 heterocycles. The molecule has 0 radical (unpaired) electrons. The van der Waals surface area contributed by atoms with Crippen molar-refractivity contribution in [2.24, 2.45) is 0 Å². The monoisotopic (exact) mass is 324 g/mol. The van der Waals surface area contributed by atoms with Crippen molar-refractivity contribution in [3.05, 3.63) is 11.9 Å². The molecule has 1 aliphatic heterocycles. The van der Waals surface area contributed by atoms with Crippen LogP contribution >= 0.6 is 0 Å². The Balaban J connectivity index is 2.35. The highest BCUT2D eigenvalue weighted by atomic mass is 32.2. The molecule has 1 aromatic heterocycles. The highest BCUT2D eigenvalue weighted by Gasteiger charge is 2.37. The van der Waals surface area contributed by atoms with Crippen LogP contribution in [-0.2, 0) is 16.0 Å². The van der Waals surface area contributed by atoms with Crippen LogP contribution in [0.15, 0.2) is 6.07 Å². The molecule has 10 heteroatoms. The second kappa shape index (κ2) is 5.32. The number of nitrogens with zero attached hydrogens (tertiary/aromatic N) is 3. The summed E-state index contributed by atoms with van der Waals surface area (Å²) in [5, 5.41) is 2.55. The van der Waals surface area contributed by atoms with E-state index in [2.05, 4.69) is 15.3 Å². The van der Waals surface area contributed by atoms with E-state index in [1.54, 1.807) is 0 Å². The second-order valence-corrected chi connectivity index (χ2v) is 7.08. The first-order valence-corrected chi connectivity index (χ1v) is 8.02. The van der Waals surface area contributed by atoms with Crippen molar-refractivity contribution in [1.29, 1.82) is 0 Å². The SMILES string of the molecule is CNc1cc(N(C)C2CCS(=O)(=O)C2)nc(C(F)(F)F)n1. The number of nitrogens with one attached hydrogen (secondary N) is 1. The number of anilines is 2. The van der Waals surface area contributed by atoms with E-state index in [9.17, 15) is 21.6 Å². The molecule has 1 aromatic rings. The number of aromatic nitrogens is 2. The van der Waals surface area contributed by atoms with Gasteiger partial charge in [0.05, 0.1) is 11.5 Å². The molecule has 0 aromatic carbocycles. The number of sulfone groups is 1. The van der Waals surface area contributed by atoms with Gasteiger partial charge >= 0.3 is 6.18 Å². The van der Waals surface area contributed by atoms with Gasteiger partial charge in [-0.15, -0.1) is 0 Å². The van der Waals surface area contributed by atoms with E-state index >= 15 is 0 Å². The van der Waals surface area contributed by atoms with Gasteiger partial charge in [0.25, 0.3) is 0 Å². The van der Waals surface area contributed by atoms with Gasteiger partial charge in [0.1, 0.15) is 11.6 Å². The summed E-state index contributed by atoms with van der Waals surface area (Å²) in [6.45, 7) is 0. The summed E-state index contributed by atoms with van der Waals surface area (Å²) in [5.41, 5.74) is 0. The fraction of sp³-hybridized carbons (Fsp3) is 0.636. The second-order valence-electron chi connectivity index (χ2n) is 4.85. The zero-order chi connectivity index (χ0) is 15.8. The van der Waals surface area contributed by atoms with Gasteiger partial charge in [0.2, 0.25) is 5.82 Å². The van der Waals surface area contributed by atoms with Gasteiger partial charge in [-0.3, -0.25) is 0 Å². The summed E-state index contributed by atoms with van der Waals surface area (Å²) in [6.07, 6.45) is -4.29. The standard InChI is InChI=1S/C11H15F3N4O2S/c1-15-8-5-9(17-10(16-8)11(12,13)14)18(2)7-3-4-21(19,20)6-7/h5,7H,3-4,6H2,1-2H3,(H,15,16,17). The molecule has 0 aliphatic carbocycles. The first kappa shape index (κ1) is 15.8. The first-order chi connectivity index (χ1) is 9.62. The van der Waals surface area contributed by atoms with E-state index in [4.69, 9.17) is 0 Å². The Morgan fingerprint density at radius 2 is 2.05 bits per heavy atom. The molecule has 21 heavy (non-hydrogen) atoms. The maximum Gasteiger partial charge on any atom is 0.451 e. The molecule has 1 N–H and O–H groups in total. The normalized spacial score (nSPS) is 21.3. The Morgan fingerprint density at radius 3 is 2.52 bits per heavy atom. The Labute approximate surface area is 120 Å². The summed E-state index contributed by atoms with van der Waals surface area (Å²) in [5.74, 6) is -1.22. The van der Waals surface area contributed by atoms with Crippen LogP contribution in [-0.4, -0.2) is 50.0 Å². The van der Waals surface area contributed by atoms with Gasteiger partial charge in [-0.2, -0.15) is 13.2 Å². The maximum absolute atomic E-state index is 12.8. The number of alkyl halides is 3. The van der Waals surface area contributed by atoms with Gasteiger partial charge in [-0.1, -0.05) is 0 Å². The average Bonchev–Trinajstić information content (AvgIpc) is 2.76. The van der Waals surface area contributed by atoms with Crippen LogP contribution in [0.25, 0.3) is 0 Å². The van der Waals surface area contributed by atoms with E-state index in [1.165, 1.54) is 25.1 Å². The molecule has 0 spiro atoms. The smallest absolute Gasteiger partial charge is 0.373 e. The van der Waals surface area contributed by atoms with Crippen LogP contribution < -0.4 is 10.2 Å².